The first kappa shape index (κ1) is 11.6. The average molecular weight is 176 g/mol. The lowest BCUT2D eigenvalue weighted by Crippen LogP contribution is -2.16. The van der Waals surface area contributed by atoms with Gasteiger partial charge in [-0.25, -0.2) is 10.1 Å². The van der Waals surface area contributed by atoms with Gasteiger partial charge in [-0.3, -0.25) is 4.79 Å². The molecule has 0 rings (SSSR count). The summed E-state index contributed by atoms with van der Waals surface area (Å²) in [6, 6.07) is 0. The van der Waals surface area contributed by atoms with Crippen LogP contribution in [0, 0.1) is 5.92 Å². The van der Waals surface area contributed by atoms with Crippen LogP contribution in [-0.2, 0) is 14.4 Å². The van der Waals surface area contributed by atoms with Gasteiger partial charge in [-0.15, -0.1) is 0 Å². The molecule has 0 aromatic rings. The molecule has 72 valence electrons. The van der Waals surface area contributed by atoms with Crippen LogP contribution in [0.25, 0.3) is 0 Å². The van der Waals surface area contributed by atoms with E-state index in [1.54, 1.807) is 6.92 Å². The van der Waals surface area contributed by atoms with E-state index in [-0.39, 0.29) is 11.7 Å². The number of methoxy groups -OCH3 is 1. The molecule has 0 bridgehead atoms. The summed E-state index contributed by atoms with van der Waals surface area (Å²) in [7, 11) is 1.44. The van der Waals surface area contributed by atoms with E-state index >= 15 is 0 Å². The third-order valence-electron chi connectivity index (χ3n) is 1.91. The van der Waals surface area contributed by atoms with Gasteiger partial charge in [0, 0.05) is 19.4 Å². The van der Waals surface area contributed by atoms with Crippen LogP contribution in [0.4, 0.5) is 0 Å². The fourth-order valence-electron chi connectivity index (χ4n) is 0.803. The molecule has 0 heterocycles. The van der Waals surface area contributed by atoms with Crippen molar-refractivity contribution in [2.45, 2.75) is 33.0 Å². The second-order valence-corrected chi connectivity index (χ2v) is 2.86. The van der Waals surface area contributed by atoms with Crippen LogP contribution in [0.3, 0.4) is 0 Å². The lowest BCUT2D eigenvalue weighted by atomic mass is 10.0. The Morgan fingerprint density at radius 3 is 2.42 bits per heavy atom. The topological polar surface area (TPSA) is 55.8 Å². The van der Waals surface area contributed by atoms with Crippen molar-refractivity contribution in [3.05, 3.63) is 0 Å². The first-order valence-corrected chi connectivity index (χ1v) is 3.95. The van der Waals surface area contributed by atoms with Gasteiger partial charge in [0.2, 0.25) is 0 Å². The van der Waals surface area contributed by atoms with Crippen LogP contribution < -0.4 is 0 Å². The smallest absolute Gasteiger partial charge is 0.190 e. The molecule has 0 fully saturated rings. The van der Waals surface area contributed by atoms with E-state index in [1.807, 2.05) is 6.92 Å². The van der Waals surface area contributed by atoms with Crippen molar-refractivity contribution in [3.8, 4) is 0 Å². The average Bonchev–Trinajstić information content (AvgIpc) is 2.05. The molecule has 0 saturated heterocycles. The monoisotopic (exact) mass is 176 g/mol. The summed E-state index contributed by atoms with van der Waals surface area (Å²) in [4.78, 5) is 14.8. The predicted octanol–water partition coefficient (Wildman–Crippen LogP) is 1.45. The molecular formula is C8H16O4. The maximum Gasteiger partial charge on any atom is 0.190 e. The zero-order valence-electron chi connectivity index (χ0n) is 7.74. The van der Waals surface area contributed by atoms with Crippen molar-refractivity contribution in [2.24, 2.45) is 5.92 Å². The molecule has 0 aliphatic carbocycles. The maximum atomic E-state index is 10.8. The molecule has 0 spiro atoms. The highest BCUT2D eigenvalue weighted by Gasteiger charge is 2.12. The van der Waals surface area contributed by atoms with E-state index < -0.39 is 6.29 Å². The maximum absolute atomic E-state index is 10.8. The van der Waals surface area contributed by atoms with Gasteiger partial charge in [-0.05, 0) is 13.3 Å². The van der Waals surface area contributed by atoms with Crippen molar-refractivity contribution >= 4 is 5.78 Å². The lowest BCUT2D eigenvalue weighted by molar-refractivity contribution is -0.342. The zero-order chi connectivity index (χ0) is 9.56. The standard InChI is InChI=1S/C8H16O4/c1-6(7(2)9)4-5-8(11-3)12-10/h6,8,10H,4-5H2,1-3H3. The van der Waals surface area contributed by atoms with E-state index in [0.717, 1.165) is 0 Å². The molecular weight excluding hydrogens is 160 g/mol. The lowest BCUT2D eigenvalue weighted by Gasteiger charge is -2.12. The molecule has 0 aromatic carbocycles. The minimum Gasteiger partial charge on any atom is -0.353 e. The van der Waals surface area contributed by atoms with Crippen molar-refractivity contribution in [1.29, 1.82) is 0 Å². The quantitative estimate of drug-likeness (QED) is 0.378. The number of rotatable bonds is 6. The molecule has 0 radical (unpaired) electrons. The molecule has 1 N–H and O–H groups in total. The number of Topliss-reactive ketones (excluding diaryl/α,β-unsaturated/α-hetero) is 1. The summed E-state index contributed by atoms with van der Waals surface area (Å²) in [5, 5.41) is 8.27. The van der Waals surface area contributed by atoms with Gasteiger partial charge >= 0.3 is 0 Å². The molecule has 0 amide bonds. The predicted molar refractivity (Wildman–Crippen MR) is 43.6 cm³/mol. The molecule has 4 nitrogen and oxygen atoms in total. The van der Waals surface area contributed by atoms with E-state index in [9.17, 15) is 4.79 Å². The van der Waals surface area contributed by atoms with Gasteiger partial charge < -0.3 is 4.74 Å². The van der Waals surface area contributed by atoms with E-state index in [4.69, 9.17) is 9.99 Å². The van der Waals surface area contributed by atoms with Crippen LogP contribution in [-0.4, -0.2) is 24.4 Å². The molecule has 0 aromatic heterocycles. The summed E-state index contributed by atoms with van der Waals surface area (Å²) in [5.74, 6) is 0.139. The summed E-state index contributed by atoms with van der Waals surface area (Å²) in [6.07, 6.45) is 0.564. The largest absolute Gasteiger partial charge is 0.353 e. The van der Waals surface area contributed by atoms with Gasteiger partial charge in [-0.1, -0.05) is 6.92 Å². The minimum absolute atomic E-state index is 0.00204. The fraction of sp³-hybridized carbons (Fsp3) is 0.875. The summed E-state index contributed by atoms with van der Waals surface area (Å²) in [5.41, 5.74) is 0. The highest BCUT2D eigenvalue weighted by Crippen LogP contribution is 2.10. The Hall–Kier alpha value is -0.450. The van der Waals surface area contributed by atoms with E-state index in [1.165, 1.54) is 7.11 Å². The Morgan fingerprint density at radius 1 is 1.50 bits per heavy atom. The molecule has 12 heavy (non-hydrogen) atoms. The minimum atomic E-state index is -0.619. The van der Waals surface area contributed by atoms with Gasteiger partial charge in [0.15, 0.2) is 6.29 Å². The molecule has 2 unspecified atom stereocenters. The Labute approximate surface area is 72.4 Å². The molecule has 2 atom stereocenters. The van der Waals surface area contributed by atoms with E-state index in [0.29, 0.717) is 12.8 Å². The van der Waals surface area contributed by atoms with Crippen LogP contribution in [0.1, 0.15) is 26.7 Å². The van der Waals surface area contributed by atoms with Crippen LogP contribution in [0.2, 0.25) is 0 Å². The van der Waals surface area contributed by atoms with Gasteiger partial charge in [0.05, 0.1) is 0 Å². The first-order valence-electron chi connectivity index (χ1n) is 3.95. The number of ketones is 1. The number of carbonyl (C=O) groups excluding carboxylic acids is 1. The zero-order valence-corrected chi connectivity index (χ0v) is 7.74. The van der Waals surface area contributed by atoms with Crippen LogP contribution in [0.5, 0.6) is 0 Å². The second kappa shape index (κ2) is 6.11. The molecule has 0 aliphatic rings. The highest BCUT2D eigenvalue weighted by molar-refractivity contribution is 5.77. The summed E-state index contributed by atoms with van der Waals surface area (Å²) < 4.78 is 4.75. The third-order valence-corrected chi connectivity index (χ3v) is 1.91. The Bertz CT molecular complexity index is 131. The van der Waals surface area contributed by atoms with Gasteiger partial charge in [0.25, 0.3) is 0 Å². The van der Waals surface area contributed by atoms with Gasteiger partial charge in [0.1, 0.15) is 5.78 Å². The van der Waals surface area contributed by atoms with Crippen molar-refractivity contribution < 1.29 is 19.7 Å². The molecule has 0 saturated carbocycles. The Kier molecular flexibility index (Phi) is 5.88. The Morgan fingerprint density at radius 2 is 2.08 bits per heavy atom. The van der Waals surface area contributed by atoms with Gasteiger partial charge in [-0.2, -0.15) is 0 Å². The van der Waals surface area contributed by atoms with Crippen LogP contribution in [0.15, 0.2) is 0 Å². The summed E-state index contributed by atoms with van der Waals surface area (Å²) in [6.45, 7) is 3.39. The Balaban J connectivity index is 3.58. The highest BCUT2D eigenvalue weighted by atomic mass is 17.1. The number of ether oxygens (including phenoxy) is 1. The van der Waals surface area contributed by atoms with Crippen molar-refractivity contribution in [1.82, 2.24) is 0 Å². The fourth-order valence-corrected chi connectivity index (χ4v) is 0.803. The number of carbonyl (C=O) groups is 1. The van der Waals surface area contributed by atoms with E-state index in [2.05, 4.69) is 4.89 Å². The molecule has 4 heteroatoms. The second-order valence-electron chi connectivity index (χ2n) is 2.86. The summed E-state index contributed by atoms with van der Waals surface area (Å²) >= 11 is 0. The third kappa shape index (κ3) is 4.43. The number of hydrogen-bond acceptors (Lipinski definition) is 4. The first-order chi connectivity index (χ1) is 5.61. The van der Waals surface area contributed by atoms with Crippen LogP contribution >= 0.6 is 0 Å². The number of hydrogen-bond donors (Lipinski definition) is 1. The normalized spacial score (nSPS) is 15.7. The SMILES string of the molecule is COC(CCC(C)C(C)=O)OO. The van der Waals surface area contributed by atoms with Crippen molar-refractivity contribution in [2.75, 3.05) is 7.11 Å². The van der Waals surface area contributed by atoms with Crippen molar-refractivity contribution in [3.63, 3.8) is 0 Å². The molecule has 0 aliphatic heterocycles.